The predicted molar refractivity (Wildman–Crippen MR) is 61.9 cm³/mol. The summed E-state index contributed by atoms with van der Waals surface area (Å²) in [5, 5.41) is 13.4. The minimum absolute atomic E-state index is 0.157. The van der Waals surface area contributed by atoms with Crippen molar-refractivity contribution in [1.82, 2.24) is 5.32 Å². The summed E-state index contributed by atoms with van der Waals surface area (Å²) in [5.41, 5.74) is 3.94. The number of piperidine rings is 1. The van der Waals surface area contributed by atoms with Crippen molar-refractivity contribution in [3.05, 3.63) is 29.3 Å². The van der Waals surface area contributed by atoms with Crippen molar-refractivity contribution in [2.45, 2.75) is 24.6 Å². The second-order valence-electron chi connectivity index (χ2n) is 4.61. The first-order valence-electron chi connectivity index (χ1n) is 5.73. The lowest BCUT2D eigenvalue weighted by Crippen LogP contribution is -2.43. The Morgan fingerprint density at radius 2 is 2.06 bits per heavy atom. The maximum Gasteiger partial charge on any atom is 0.416 e. The number of alkyl halides is 3. The summed E-state index contributed by atoms with van der Waals surface area (Å²) in [6.07, 6.45) is -3.32. The van der Waals surface area contributed by atoms with Gasteiger partial charge in [0.05, 0.1) is 5.56 Å². The first-order valence-corrected chi connectivity index (χ1v) is 5.73. The van der Waals surface area contributed by atoms with Crippen LogP contribution in [0, 0.1) is 0 Å². The highest BCUT2D eigenvalue weighted by atomic mass is 19.4. The average molecular weight is 260 g/mol. The summed E-state index contributed by atoms with van der Waals surface area (Å²) in [6, 6.07) is 3.07. The molecule has 0 radical (unpaired) electrons. The topological polar surface area (TPSA) is 58.3 Å². The van der Waals surface area contributed by atoms with Crippen LogP contribution in [0.2, 0.25) is 0 Å². The van der Waals surface area contributed by atoms with Crippen LogP contribution >= 0.6 is 0 Å². The van der Waals surface area contributed by atoms with E-state index in [1.54, 1.807) is 0 Å². The highest BCUT2D eigenvalue weighted by Crippen LogP contribution is 2.37. The van der Waals surface area contributed by atoms with Crippen molar-refractivity contribution >= 4 is 5.69 Å². The van der Waals surface area contributed by atoms with Gasteiger partial charge in [-0.2, -0.15) is 13.2 Å². The van der Waals surface area contributed by atoms with E-state index in [1.807, 2.05) is 0 Å². The Hall–Kier alpha value is -1.27. The van der Waals surface area contributed by atoms with Gasteiger partial charge in [0.15, 0.2) is 0 Å². The molecule has 0 saturated carbocycles. The highest BCUT2D eigenvalue weighted by Gasteiger charge is 2.36. The Labute approximate surface area is 103 Å². The number of hydrogen-bond acceptors (Lipinski definition) is 3. The molecule has 1 saturated heterocycles. The average Bonchev–Trinajstić information content (AvgIpc) is 2.28. The van der Waals surface area contributed by atoms with E-state index in [0.717, 1.165) is 18.7 Å². The number of nitrogens with one attached hydrogen (secondary N) is 1. The number of rotatable bonds is 1. The largest absolute Gasteiger partial charge is 0.416 e. The monoisotopic (exact) mass is 260 g/mol. The van der Waals surface area contributed by atoms with Crippen LogP contribution in [-0.4, -0.2) is 18.2 Å². The quantitative estimate of drug-likeness (QED) is 0.675. The van der Waals surface area contributed by atoms with Gasteiger partial charge in [0.2, 0.25) is 0 Å². The Kier molecular flexibility index (Phi) is 3.25. The van der Waals surface area contributed by atoms with E-state index in [-0.39, 0.29) is 17.8 Å². The SMILES string of the molecule is Nc1ccc(C(F)(F)F)cc1C1(O)CCCNC1. The number of aliphatic hydroxyl groups is 1. The van der Waals surface area contributed by atoms with E-state index in [1.165, 1.54) is 6.07 Å². The van der Waals surface area contributed by atoms with Crippen LogP contribution in [-0.2, 0) is 11.8 Å². The molecule has 1 atom stereocenters. The number of anilines is 1. The van der Waals surface area contributed by atoms with Crippen LogP contribution < -0.4 is 11.1 Å². The third kappa shape index (κ3) is 2.44. The summed E-state index contributed by atoms with van der Waals surface area (Å²) in [5.74, 6) is 0. The second-order valence-corrected chi connectivity index (χ2v) is 4.61. The van der Waals surface area contributed by atoms with Gasteiger partial charge in [-0.25, -0.2) is 0 Å². The van der Waals surface area contributed by atoms with Gasteiger partial charge in [0.1, 0.15) is 5.60 Å². The van der Waals surface area contributed by atoms with Crippen molar-refractivity contribution in [2.24, 2.45) is 0 Å². The standard InChI is InChI=1S/C12H15F3N2O/c13-12(14,15)8-2-3-10(16)9(6-8)11(18)4-1-5-17-7-11/h2-3,6,17-18H,1,4-5,7,16H2. The minimum Gasteiger partial charge on any atom is -0.398 e. The van der Waals surface area contributed by atoms with E-state index in [2.05, 4.69) is 5.32 Å². The zero-order chi connectivity index (χ0) is 13.4. The molecule has 4 N–H and O–H groups in total. The number of hydrogen-bond donors (Lipinski definition) is 3. The molecule has 1 heterocycles. The molecule has 18 heavy (non-hydrogen) atoms. The van der Waals surface area contributed by atoms with Gasteiger partial charge in [-0.1, -0.05) is 0 Å². The van der Waals surface area contributed by atoms with Crippen LogP contribution in [0.5, 0.6) is 0 Å². The van der Waals surface area contributed by atoms with E-state index in [0.29, 0.717) is 12.8 Å². The highest BCUT2D eigenvalue weighted by molar-refractivity contribution is 5.52. The second kappa shape index (κ2) is 4.44. The van der Waals surface area contributed by atoms with Gasteiger partial charge in [-0.3, -0.25) is 0 Å². The number of halogens is 3. The van der Waals surface area contributed by atoms with Crippen molar-refractivity contribution in [3.63, 3.8) is 0 Å². The van der Waals surface area contributed by atoms with Gasteiger partial charge < -0.3 is 16.2 Å². The zero-order valence-electron chi connectivity index (χ0n) is 9.72. The molecule has 0 bridgehead atoms. The summed E-state index contributed by atoms with van der Waals surface area (Å²) in [6.45, 7) is 0.972. The van der Waals surface area contributed by atoms with Crippen LogP contribution in [0.25, 0.3) is 0 Å². The molecule has 0 amide bonds. The van der Waals surface area contributed by atoms with Gasteiger partial charge in [-0.15, -0.1) is 0 Å². The molecule has 1 aromatic rings. The van der Waals surface area contributed by atoms with E-state index >= 15 is 0 Å². The first-order chi connectivity index (χ1) is 8.33. The molecular weight excluding hydrogens is 245 g/mol. The van der Waals surface area contributed by atoms with E-state index in [4.69, 9.17) is 5.73 Å². The smallest absolute Gasteiger partial charge is 0.398 e. The molecule has 1 aliphatic rings. The van der Waals surface area contributed by atoms with Crippen LogP contribution in [0.4, 0.5) is 18.9 Å². The van der Waals surface area contributed by atoms with Gasteiger partial charge >= 0.3 is 6.18 Å². The third-order valence-corrected chi connectivity index (χ3v) is 3.24. The fourth-order valence-electron chi connectivity index (χ4n) is 2.25. The molecule has 0 aromatic heterocycles. The zero-order valence-corrected chi connectivity index (χ0v) is 9.72. The van der Waals surface area contributed by atoms with Crippen LogP contribution in [0.3, 0.4) is 0 Å². The predicted octanol–water partition coefficient (Wildman–Crippen LogP) is 1.86. The fraction of sp³-hybridized carbons (Fsp3) is 0.500. The van der Waals surface area contributed by atoms with E-state index < -0.39 is 17.3 Å². The van der Waals surface area contributed by atoms with Crippen LogP contribution in [0.15, 0.2) is 18.2 Å². The fourth-order valence-corrected chi connectivity index (χ4v) is 2.25. The maximum atomic E-state index is 12.7. The normalized spacial score (nSPS) is 25.1. The lowest BCUT2D eigenvalue weighted by molar-refractivity contribution is -0.137. The number of nitrogen functional groups attached to an aromatic ring is 1. The molecule has 2 rings (SSSR count). The lowest BCUT2D eigenvalue weighted by Gasteiger charge is -2.34. The number of β-amino-alcohol motifs (C(OH)–C–C–N with tert-alkyl or cyclic N) is 1. The summed E-state index contributed by atoms with van der Waals surface area (Å²) in [7, 11) is 0. The molecule has 1 fully saturated rings. The summed E-state index contributed by atoms with van der Waals surface area (Å²) in [4.78, 5) is 0. The van der Waals surface area contributed by atoms with Crippen molar-refractivity contribution in [3.8, 4) is 0 Å². The molecule has 3 nitrogen and oxygen atoms in total. The Balaban J connectivity index is 2.43. The van der Waals surface area contributed by atoms with Gasteiger partial charge in [0, 0.05) is 17.8 Å². The molecule has 1 aromatic carbocycles. The Morgan fingerprint density at radius 3 is 2.61 bits per heavy atom. The van der Waals surface area contributed by atoms with Crippen molar-refractivity contribution < 1.29 is 18.3 Å². The van der Waals surface area contributed by atoms with Crippen molar-refractivity contribution in [2.75, 3.05) is 18.8 Å². The lowest BCUT2D eigenvalue weighted by atomic mass is 9.85. The molecule has 1 unspecified atom stereocenters. The van der Waals surface area contributed by atoms with Crippen molar-refractivity contribution in [1.29, 1.82) is 0 Å². The van der Waals surface area contributed by atoms with Gasteiger partial charge in [-0.05, 0) is 37.6 Å². The first kappa shape index (κ1) is 13.2. The maximum absolute atomic E-state index is 12.7. The van der Waals surface area contributed by atoms with E-state index in [9.17, 15) is 18.3 Å². The molecule has 100 valence electrons. The summed E-state index contributed by atoms with van der Waals surface area (Å²) < 4.78 is 38.0. The molecule has 6 heteroatoms. The summed E-state index contributed by atoms with van der Waals surface area (Å²) >= 11 is 0. The number of benzene rings is 1. The van der Waals surface area contributed by atoms with Crippen LogP contribution in [0.1, 0.15) is 24.0 Å². The molecular formula is C12H15F3N2O. The Morgan fingerprint density at radius 1 is 1.33 bits per heavy atom. The third-order valence-electron chi connectivity index (χ3n) is 3.24. The molecule has 0 aliphatic carbocycles. The molecule has 1 aliphatic heterocycles. The minimum atomic E-state index is -4.43. The van der Waals surface area contributed by atoms with Gasteiger partial charge in [0.25, 0.3) is 0 Å². The number of nitrogens with two attached hydrogens (primary N) is 1. The Bertz CT molecular complexity index is 439. The molecule has 0 spiro atoms.